The van der Waals surface area contributed by atoms with E-state index >= 15 is 0 Å². The molecule has 80 valence electrons. The van der Waals surface area contributed by atoms with Gasteiger partial charge in [-0.05, 0) is 0 Å². The maximum atomic E-state index is 10.7. The molecule has 0 radical (unpaired) electrons. The molecule has 0 amide bonds. The molecule has 0 saturated heterocycles. The molecule has 5 nitrogen and oxygen atoms in total. The number of hydrogen-bond acceptors (Lipinski definition) is 5. The van der Waals surface area contributed by atoms with Crippen LogP contribution in [0, 0.1) is 0 Å². The number of thiazole rings is 1. The lowest BCUT2D eigenvalue weighted by molar-refractivity contribution is 0.581. The Morgan fingerprint density at radius 3 is 2.86 bits per heavy atom. The topological polar surface area (TPSA) is 71.1 Å². The van der Waals surface area contributed by atoms with E-state index in [0.717, 1.165) is 11.9 Å². The molecular weight excluding hydrogens is 222 g/mol. The van der Waals surface area contributed by atoms with E-state index < -0.39 is 10.0 Å². The van der Waals surface area contributed by atoms with Gasteiger partial charge >= 0.3 is 0 Å². The van der Waals surface area contributed by atoms with Crippen LogP contribution in [0.25, 0.3) is 0 Å². The maximum absolute atomic E-state index is 10.7. The molecule has 0 unspecified atom stereocenters. The first-order valence-electron chi connectivity index (χ1n) is 4.10. The van der Waals surface area contributed by atoms with Crippen molar-refractivity contribution in [2.45, 2.75) is 6.54 Å². The largest absolute Gasteiger partial charge is 0.310 e. The molecule has 0 atom stereocenters. The molecule has 0 spiro atoms. The lowest BCUT2D eigenvalue weighted by atomic mass is 10.5. The van der Waals surface area contributed by atoms with Crippen LogP contribution in [0.1, 0.15) is 5.69 Å². The molecule has 0 aliphatic carbocycles. The van der Waals surface area contributed by atoms with E-state index in [2.05, 4.69) is 15.0 Å². The van der Waals surface area contributed by atoms with Crippen LogP contribution < -0.4 is 10.0 Å². The van der Waals surface area contributed by atoms with Gasteiger partial charge in [-0.15, -0.1) is 11.3 Å². The van der Waals surface area contributed by atoms with Gasteiger partial charge in [-0.25, -0.2) is 18.1 Å². The van der Waals surface area contributed by atoms with Gasteiger partial charge in [0, 0.05) is 25.0 Å². The summed E-state index contributed by atoms with van der Waals surface area (Å²) < 4.78 is 23.7. The summed E-state index contributed by atoms with van der Waals surface area (Å²) in [5.74, 6) is 0. The number of nitrogens with one attached hydrogen (secondary N) is 2. The predicted octanol–water partition coefficient (Wildman–Crippen LogP) is -0.218. The number of rotatable bonds is 6. The van der Waals surface area contributed by atoms with Crippen molar-refractivity contribution in [3.63, 3.8) is 0 Å². The molecule has 0 fully saturated rings. The minimum atomic E-state index is -3.06. The molecule has 1 aromatic heterocycles. The summed E-state index contributed by atoms with van der Waals surface area (Å²) in [4.78, 5) is 4.08. The molecule has 0 aliphatic heterocycles. The maximum Gasteiger partial charge on any atom is 0.208 e. The van der Waals surface area contributed by atoms with Crippen molar-refractivity contribution in [3.05, 3.63) is 16.6 Å². The van der Waals surface area contributed by atoms with Crippen LogP contribution in [0.2, 0.25) is 0 Å². The zero-order valence-corrected chi connectivity index (χ0v) is 9.49. The minimum absolute atomic E-state index is 0.406. The van der Waals surface area contributed by atoms with Crippen molar-refractivity contribution in [2.75, 3.05) is 19.3 Å². The molecular formula is C7H13N3O2S2. The number of sulfonamides is 1. The Balaban J connectivity index is 2.06. The van der Waals surface area contributed by atoms with Crippen LogP contribution in [-0.4, -0.2) is 32.7 Å². The second-order valence-corrected chi connectivity index (χ2v) is 5.37. The van der Waals surface area contributed by atoms with Gasteiger partial charge in [0.2, 0.25) is 10.0 Å². The Hall–Kier alpha value is -0.500. The van der Waals surface area contributed by atoms with E-state index in [1.807, 2.05) is 5.38 Å². The molecule has 1 aromatic rings. The normalized spacial score (nSPS) is 11.8. The van der Waals surface area contributed by atoms with E-state index in [0.29, 0.717) is 19.6 Å². The van der Waals surface area contributed by atoms with Gasteiger partial charge in [-0.3, -0.25) is 0 Å². The molecule has 0 aromatic carbocycles. The van der Waals surface area contributed by atoms with E-state index in [9.17, 15) is 8.42 Å². The number of hydrogen-bond donors (Lipinski definition) is 2. The molecule has 0 bridgehead atoms. The van der Waals surface area contributed by atoms with E-state index in [-0.39, 0.29) is 0 Å². The summed E-state index contributed by atoms with van der Waals surface area (Å²) in [6, 6.07) is 0. The van der Waals surface area contributed by atoms with Gasteiger partial charge in [0.05, 0.1) is 17.5 Å². The Bertz CT molecular complexity index is 347. The summed E-state index contributed by atoms with van der Waals surface area (Å²) in [6.07, 6.45) is 1.15. The highest BCUT2D eigenvalue weighted by atomic mass is 32.2. The predicted molar refractivity (Wildman–Crippen MR) is 56.7 cm³/mol. The molecule has 2 N–H and O–H groups in total. The second-order valence-electron chi connectivity index (χ2n) is 2.82. The highest BCUT2D eigenvalue weighted by Gasteiger charge is 1.98. The monoisotopic (exact) mass is 235 g/mol. The fourth-order valence-electron chi connectivity index (χ4n) is 0.866. The van der Waals surface area contributed by atoms with E-state index in [1.54, 1.807) is 16.8 Å². The summed E-state index contributed by atoms with van der Waals surface area (Å²) in [5, 5.41) is 5.03. The smallest absolute Gasteiger partial charge is 0.208 e. The minimum Gasteiger partial charge on any atom is -0.310 e. The molecule has 1 rings (SSSR count). The lowest BCUT2D eigenvalue weighted by Gasteiger charge is -2.02. The fourth-order valence-corrected chi connectivity index (χ4v) is 1.90. The highest BCUT2D eigenvalue weighted by Crippen LogP contribution is 1.98. The van der Waals surface area contributed by atoms with Crippen LogP contribution in [0.4, 0.5) is 0 Å². The molecule has 14 heavy (non-hydrogen) atoms. The fraction of sp³-hybridized carbons (Fsp3) is 0.571. The summed E-state index contributed by atoms with van der Waals surface area (Å²) in [6.45, 7) is 1.68. The van der Waals surface area contributed by atoms with Crippen LogP contribution in [-0.2, 0) is 16.6 Å². The third-order valence-corrected chi connectivity index (χ3v) is 2.82. The Morgan fingerprint density at radius 2 is 2.29 bits per heavy atom. The summed E-state index contributed by atoms with van der Waals surface area (Å²) in [5.41, 5.74) is 2.75. The average Bonchev–Trinajstić information content (AvgIpc) is 2.54. The number of aromatic nitrogens is 1. The van der Waals surface area contributed by atoms with Gasteiger partial charge in [-0.2, -0.15) is 0 Å². The quantitative estimate of drug-likeness (QED) is 0.669. The van der Waals surface area contributed by atoms with Crippen molar-refractivity contribution >= 4 is 21.4 Å². The van der Waals surface area contributed by atoms with Gasteiger partial charge in [0.25, 0.3) is 0 Å². The second kappa shape index (κ2) is 5.40. The van der Waals surface area contributed by atoms with Crippen LogP contribution in [0.3, 0.4) is 0 Å². The van der Waals surface area contributed by atoms with Gasteiger partial charge < -0.3 is 5.32 Å². The lowest BCUT2D eigenvalue weighted by Crippen LogP contribution is -2.30. The van der Waals surface area contributed by atoms with Crippen molar-refractivity contribution in [2.24, 2.45) is 0 Å². The Labute approximate surface area is 87.6 Å². The molecule has 0 saturated carbocycles. The van der Waals surface area contributed by atoms with Crippen LogP contribution in [0.15, 0.2) is 10.9 Å². The molecule has 7 heteroatoms. The third-order valence-electron chi connectivity index (χ3n) is 1.46. The number of nitrogens with zero attached hydrogens (tertiary/aromatic N) is 1. The average molecular weight is 235 g/mol. The molecule has 1 heterocycles. The Morgan fingerprint density at radius 1 is 1.50 bits per heavy atom. The van der Waals surface area contributed by atoms with Gasteiger partial charge in [0.15, 0.2) is 0 Å². The summed E-state index contributed by atoms with van der Waals surface area (Å²) in [7, 11) is -3.06. The van der Waals surface area contributed by atoms with Gasteiger partial charge in [0.1, 0.15) is 0 Å². The zero-order valence-electron chi connectivity index (χ0n) is 7.86. The van der Waals surface area contributed by atoms with E-state index in [1.165, 1.54) is 0 Å². The van der Waals surface area contributed by atoms with Crippen molar-refractivity contribution in [1.29, 1.82) is 0 Å². The van der Waals surface area contributed by atoms with Crippen LogP contribution in [0.5, 0.6) is 0 Å². The standard InChI is InChI=1S/C7H13N3O2S2/c1-14(11,12)10-3-2-8-4-7-5-13-6-9-7/h5-6,8,10H,2-4H2,1H3. The van der Waals surface area contributed by atoms with Crippen LogP contribution >= 0.6 is 11.3 Å². The zero-order chi connectivity index (χ0) is 10.4. The third kappa shape index (κ3) is 5.28. The first kappa shape index (κ1) is 11.6. The van der Waals surface area contributed by atoms with Crippen molar-refractivity contribution < 1.29 is 8.42 Å². The first-order chi connectivity index (χ1) is 6.58. The van der Waals surface area contributed by atoms with Crippen molar-refractivity contribution in [1.82, 2.24) is 15.0 Å². The SMILES string of the molecule is CS(=O)(=O)NCCNCc1cscn1. The highest BCUT2D eigenvalue weighted by molar-refractivity contribution is 7.88. The summed E-state index contributed by atoms with van der Waals surface area (Å²) >= 11 is 1.55. The van der Waals surface area contributed by atoms with Gasteiger partial charge in [-0.1, -0.05) is 0 Å². The van der Waals surface area contributed by atoms with Crippen molar-refractivity contribution in [3.8, 4) is 0 Å². The Kier molecular flexibility index (Phi) is 4.46. The first-order valence-corrected chi connectivity index (χ1v) is 6.94. The van der Waals surface area contributed by atoms with E-state index in [4.69, 9.17) is 0 Å². The molecule has 0 aliphatic rings.